The summed E-state index contributed by atoms with van der Waals surface area (Å²) in [6.45, 7) is 0. The molecular weight excluding hydrogens is 230 g/mol. The molecule has 76 valence electrons. The fourth-order valence-corrected chi connectivity index (χ4v) is 2.95. The van der Waals surface area contributed by atoms with Crippen molar-refractivity contribution in [2.45, 2.75) is 11.5 Å². The third kappa shape index (κ3) is 1.47. The van der Waals surface area contributed by atoms with Crippen molar-refractivity contribution in [3.05, 3.63) is 22.2 Å². The highest BCUT2D eigenvalue weighted by Gasteiger charge is 2.16. The largest absolute Gasteiger partial charge is 0.339 e. The molecule has 0 saturated heterocycles. The van der Waals surface area contributed by atoms with Crippen LogP contribution >= 0.6 is 24.0 Å². The molecule has 0 atom stereocenters. The van der Waals surface area contributed by atoms with Gasteiger partial charge < -0.3 is 4.98 Å². The molecule has 2 aromatic rings. The zero-order valence-electron chi connectivity index (χ0n) is 7.65. The van der Waals surface area contributed by atoms with Crippen molar-refractivity contribution in [3.8, 4) is 11.6 Å². The lowest BCUT2D eigenvalue weighted by Crippen LogP contribution is -1.98. The first kappa shape index (κ1) is 9.05. The molecule has 0 unspecified atom stereocenters. The number of nitrogens with one attached hydrogen (secondary N) is 2. The Morgan fingerprint density at radius 3 is 3.07 bits per heavy atom. The summed E-state index contributed by atoms with van der Waals surface area (Å²) in [5, 5.41) is 6.55. The fourth-order valence-electron chi connectivity index (χ4n) is 1.50. The summed E-state index contributed by atoms with van der Waals surface area (Å²) in [7, 11) is 0. The van der Waals surface area contributed by atoms with Gasteiger partial charge in [-0.05, 0) is 0 Å². The second-order valence-corrected chi connectivity index (χ2v) is 4.55. The Labute approximate surface area is 94.8 Å². The lowest BCUT2D eigenvalue weighted by Gasteiger charge is -2.01. The van der Waals surface area contributed by atoms with Crippen molar-refractivity contribution in [2.75, 3.05) is 0 Å². The Balaban J connectivity index is 2.20. The SMILES string of the molecule is S=c1nc(-c2ncn[nH]2)[nH]c2c1CSC2. The van der Waals surface area contributed by atoms with Gasteiger partial charge in [0.1, 0.15) is 11.0 Å². The third-order valence-corrected chi connectivity index (χ3v) is 3.56. The standard InChI is InChI=1S/C8H7N5S2/c14-8-4-1-15-2-5(4)11-7(12-8)6-9-3-10-13-6/h3H,1-2H2,(H,9,10,13)(H,11,12,14). The van der Waals surface area contributed by atoms with Gasteiger partial charge >= 0.3 is 0 Å². The minimum atomic E-state index is 0.626. The van der Waals surface area contributed by atoms with Crippen LogP contribution in [-0.2, 0) is 11.5 Å². The molecule has 0 aromatic carbocycles. The van der Waals surface area contributed by atoms with E-state index in [4.69, 9.17) is 12.2 Å². The average molecular weight is 237 g/mol. The maximum Gasteiger partial charge on any atom is 0.191 e. The van der Waals surface area contributed by atoms with E-state index in [0.717, 1.165) is 22.8 Å². The summed E-state index contributed by atoms with van der Waals surface area (Å²) in [6.07, 6.45) is 1.45. The molecule has 0 bridgehead atoms. The van der Waals surface area contributed by atoms with Crippen LogP contribution < -0.4 is 0 Å². The molecular formula is C8H7N5S2. The molecule has 5 nitrogen and oxygen atoms in total. The minimum absolute atomic E-state index is 0.626. The van der Waals surface area contributed by atoms with E-state index in [2.05, 4.69) is 25.1 Å². The molecule has 0 aliphatic carbocycles. The molecule has 1 aliphatic heterocycles. The number of thioether (sulfide) groups is 1. The van der Waals surface area contributed by atoms with E-state index < -0.39 is 0 Å². The first-order valence-corrected chi connectivity index (χ1v) is 5.96. The Bertz CT molecular complexity index is 545. The molecule has 0 spiro atoms. The molecule has 0 amide bonds. The second kappa shape index (κ2) is 3.42. The van der Waals surface area contributed by atoms with E-state index >= 15 is 0 Å². The van der Waals surface area contributed by atoms with Gasteiger partial charge in [0.25, 0.3) is 0 Å². The van der Waals surface area contributed by atoms with Crippen LogP contribution in [0.1, 0.15) is 11.3 Å². The summed E-state index contributed by atoms with van der Waals surface area (Å²) in [5.74, 6) is 3.20. The molecule has 2 N–H and O–H groups in total. The molecule has 0 fully saturated rings. The first-order valence-electron chi connectivity index (χ1n) is 4.40. The second-order valence-electron chi connectivity index (χ2n) is 3.17. The Kier molecular flexibility index (Phi) is 2.06. The number of hydrogen-bond donors (Lipinski definition) is 2. The summed E-state index contributed by atoms with van der Waals surface area (Å²) >= 11 is 7.07. The number of aromatic amines is 2. The van der Waals surface area contributed by atoms with Gasteiger partial charge in [-0.15, -0.1) is 0 Å². The lowest BCUT2D eigenvalue weighted by molar-refractivity contribution is 1.02. The van der Waals surface area contributed by atoms with Crippen molar-refractivity contribution in [3.63, 3.8) is 0 Å². The molecule has 3 heterocycles. The van der Waals surface area contributed by atoms with Crippen LogP contribution in [0.5, 0.6) is 0 Å². The fraction of sp³-hybridized carbons (Fsp3) is 0.250. The smallest absolute Gasteiger partial charge is 0.191 e. The molecule has 15 heavy (non-hydrogen) atoms. The highest BCUT2D eigenvalue weighted by Crippen LogP contribution is 2.29. The van der Waals surface area contributed by atoms with Crippen LogP contribution in [0.25, 0.3) is 11.6 Å². The van der Waals surface area contributed by atoms with Gasteiger partial charge in [-0.1, -0.05) is 12.2 Å². The predicted molar refractivity (Wildman–Crippen MR) is 59.8 cm³/mol. The van der Waals surface area contributed by atoms with Gasteiger partial charge in [-0.2, -0.15) is 16.9 Å². The molecule has 0 radical (unpaired) electrons. The highest BCUT2D eigenvalue weighted by molar-refractivity contribution is 7.98. The van der Waals surface area contributed by atoms with E-state index in [0.29, 0.717) is 16.3 Å². The molecule has 2 aromatic heterocycles. The summed E-state index contributed by atoms with van der Waals surface area (Å²) in [6, 6.07) is 0. The van der Waals surface area contributed by atoms with Crippen molar-refractivity contribution in [1.29, 1.82) is 0 Å². The minimum Gasteiger partial charge on any atom is -0.339 e. The van der Waals surface area contributed by atoms with Crippen LogP contribution in [-0.4, -0.2) is 25.1 Å². The van der Waals surface area contributed by atoms with Gasteiger partial charge in [0.05, 0.1) is 0 Å². The van der Waals surface area contributed by atoms with Crippen LogP contribution in [0.15, 0.2) is 6.33 Å². The van der Waals surface area contributed by atoms with E-state index in [1.54, 1.807) is 0 Å². The molecule has 1 aliphatic rings. The molecule has 3 rings (SSSR count). The lowest BCUT2D eigenvalue weighted by atomic mass is 10.3. The van der Waals surface area contributed by atoms with E-state index in [1.165, 1.54) is 6.33 Å². The van der Waals surface area contributed by atoms with E-state index in [-0.39, 0.29) is 0 Å². The average Bonchev–Trinajstić information content (AvgIpc) is 2.88. The van der Waals surface area contributed by atoms with Crippen molar-refractivity contribution >= 4 is 24.0 Å². The predicted octanol–water partition coefficient (Wildman–Crippen LogP) is 1.67. The van der Waals surface area contributed by atoms with Crippen LogP contribution in [0.2, 0.25) is 0 Å². The first-order chi connectivity index (χ1) is 7.34. The maximum atomic E-state index is 5.23. The van der Waals surface area contributed by atoms with Gasteiger partial charge in [0, 0.05) is 22.8 Å². The summed E-state index contributed by atoms with van der Waals surface area (Å²) < 4.78 is 0.667. The van der Waals surface area contributed by atoms with Gasteiger partial charge in [-0.25, -0.2) is 9.97 Å². The monoisotopic (exact) mass is 237 g/mol. The zero-order chi connectivity index (χ0) is 10.3. The number of rotatable bonds is 1. The zero-order valence-corrected chi connectivity index (χ0v) is 9.28. The van der Waals surface area contributed by atoms with Crippen LogP contribution in [0, 0.1) is 4.64 Å². The normalized spacial score (nSPS) is 14.1. The Hall–Kier alpha value is -1.21. The number of nitrogens with zero attached hydrogens (tertiary/aromatic N) is 3. The van der Waals surface area contributed by atoms with Crippen molar-refractivity contribution in [2.24, 2.45) is 0 Å². The van der Waals surface area contributed by atoms with Crippen molar-refractivity contribution < 1.29 is 0 Å². The van der Waals surface area contributed by atoms with Gasteiger partial charge in [-0.3, -0.25) is 5.10 Å². The Morgan fingerprint density at radius 2 is 2.27 bits per heavy atom. The maximum absolute atomic E-state index is 5.23. The number of fused-ring (bicyclic) bond motifs is 1. The highest BCUT2D eigenvalue weighted by atomic mass is 32.2. The number of hydrogen-bond acceptors (Lipinski definition) is 5. The van der Waals surface area contributed by atoms with Gasteiger partial charge in [0.15, 0.2) is 11.6 Å². The van der Waals surface area contributed by atoms with Crippen molar-refractivity contribution in [1.82, 2.24) is 25.1 Å². The number of aromatic nitrogens is 5. The molecule has 7 heteroatoms. The quantitative estimate of drug-likeness (QED) is 0.738. The van der Waals surface area contributed by atoms with Crippen LogP contribution in [0.4, 0.5) is 0 Å². The summed E-state index contributed by atoms with van der Waals surface area (Å²) in [5.41, 5.74) is 2.31. The third-order valence-electron chi connectivity index (χ3n) is 2.24. The van der Waals surface area contributed by atoms with Crippen LogP contribution in [0.3, 0.4) is 0 Å². The summed E-state index contributed by atoms with van der Waals surface area (Å²) in [4.78, 5) is 11.6. The van der Waals surface area contributed by atoms with E-state index in [1.807, 2.05) is 11.8 Å². The number of H-pyrrole nitrogens is 2. The van der Waals surface area contributed by atoms with E-state index in [9.17, 15) is 0 Å². The Morgan fingerprint density at radius 1 is 1.33 bits per heavy atom. The van der Waals surface area contributed by atoms with Gasteiger partial charge in [0.2, 0.25) is 0 Å². The molecule has 0 saturated carbocycles. The topological polar surface area (TPSA) is 70.2 Å².